The molecule has 2 unspecified atom stereocenters. The SMILES string of the molecule is Cc1ccc(C(=O)C(C)N2CCOC(C)C2)cc1C. The van der Waals surface area contributed by atoms with E-state index in [4.69, 9.17) is 4.74 Å². The molecular weight excluding hydrogens is 238 g/mol. The molecule has 1 aromatic carbocycles. The third kappa shape index (κ3) is 3.23. The topological polar surface area (TPSA) is 29.5 Å². The number of nitrogens with zero attached hydrogens (tertiary/aromatic N) is 1. The highest BCUT2D eigenvalue weighted by molar-refractivity contribution is 6.00. The van der Waals surface area contributed by atoms with Gasteiger partial charge in [0.25, 0.3) is 0 Å². The van der Waals surface area contributed by atoms with Crippen molar-refractivity contribution in [1.82, 2.24) is 4.90 Å². The van der Waals surface area contributed by atoms with Gasteiger partial charge in [-0.3, -0.25) is 9.69 Å². The number of carbonyl (C=O) groups is 1. The molecular formula is C16H23NO2. The Labute approximate surface area is 115 Å². The summed E-state index contributed by atoms with van der Waals surface area (Å²) in [4.78, 5) is 14.7. The number of hydrogen-bond donors (Lipinski definition) is 0. The number of ketones is 1. The molecule has 2 atom stereocenters. The largest absolute Gasteiger partial charge is 0.376 e. The predicted octanol–water partition coefficient (Wildman–Crippen LogP) is 2.60. The quantitative estimate of drug-likeness (QED) is 0.783. The number of Topliss-reactive ketones (excluding diaryl/α,β-unsaturated/α-hetero) is 1. The third-order valence-corrected chi connectivity index (χ3v) is 3.99. The van der Waals surface area contributed by atoms with Gasteiger partial charge in [-0.15, -0.1) is 0 Å². The van der Waals surface area contributed by atoms with E-state index in [1.165, 1.54) is 11.1 Å². The van der Waals surface area contributed by atoms with Gasteiger partial charge in [0.15, 0.2) is 5.78 Å². The maximum absolute atomic E-state index is 12.5. The Kier molecular flexibility index (Phi) is 4.38. The number of aryl methyl sites for hydroxylation is 2. The summed E-state index contributed by atoms with van der Waals surface area (Å²) >= 11 is 0. The van der Waals surface area contributed by atoms with Gasteiger partial charge in [0.2, 0.25) is 0 Å². The molecule has 0 N–H and O–H groups in total. The van der Waals surface area contributed by atoms with E-state index in [2.05, 4.69) is 18.7 Å². The lowest BCUT2D eigenvalue weighted by molar-refractivity contribution is -0.0277. The normalized spacial score (nSPS) is 22.2. The molecule has 0 saturated carbocycles. The van der Waals surface area contributed by atoms with Crippen LogP contribution in [0.3, 0.4) is 0 Å². The maximum Gasteiger partial charge on any atom is 0.179 e. The van der Waals surface area contributed by atoms with Crippen LogP contribution >= 0.6 is 0 Å². The lowest BCUT2D eigenvalue weighted by Crippen LogP contribution is -2.48. The molecule has 104 valence electrons. The number of morpholine rings is 1. The van der Waals surface area contributed by atoms with Gasteiger partial charge in [0.05, 0.1) is 18.8 Å². The zero-order valence-electron chi connectivity index (χ0n) is 12.3. The Morgan fingerprint density at radius 2 is 2.11 bits per heavy atom. The van der Waals surface area contributed by atoms with Crippen molar-refractivity contribution in [3.63, 3.8) is 0 Å². The van der Waals surface area contributed by atoms with Gasteiger partial charge in [-0.05, 0) is 44.9 Å². The fourth-order valence-corrected chi connectivity index (χ4v) is 2.50. The van der Waals surface area contributed by atoms with E-state index in [0.29, 0.717) is 6.61 Å². The fraction of sp³-hybridized carbons (Fsp3) is 0.562. The Balaban J connectivity index is 2.11. The third-order valence-electron chi connectivity index (χ3n) is 3.99. The molecule has 1 saturated heterocycles. The van der Waals surface area contributed by atoms with E-state index in [1.807, 2.05) is 32.0 Å². The van der Waals surface area contributed by atoms with Crippen LogP contribution < -0.4 is 0 Å². The molecule has 0 aromatic heterocycles. The molecule has 0 amide bonds. The first kappa shape index (κ1) is 14.2. The highest BCUT2D eigenvalue weighted by Gasteiger charge is 2.26. The molecule has 3 heteroatoms. The summed E-state index contributed by atoms with van der Waals surface area (Å²) in [6, 6.07) is 5.88. The first-order valence-electron chi connectivity index (χ1n) is 6.96. The summed E-state index contributed by atoms with van der Waals surface area (Å²) in [6.45, 7) is 10.5. The Morgan fingerprint density at radius 3 is 2.74 bits per heavy atom. The van der Waals surface area contributed by atoms with Crippen molar-refractivity contribution in [2.24, 2.45) is 0 Å². The Hall–Kier alpha value is -1.19. The number of benzene rings is 1. The van der Waals surface area contributed by atoms with Crippen molar-refractivity contribution in [1.29, 1.82) is 0 Å². The van der Waals surface area contributed by atoms with Gasteiger partial charge in [-0.1, -0.05) is 12.1 Å². The molecule has 0 spiro atoms. The van der Waals surface area contributed by atoms with E-state index in [1.54, 1.807) is 0 Å². The fourth-order valence-electron chi connectivity index (χ4n) is 2.50. The van der Waals surface area contributed by atoms with Crippen molar-refractivity contribution in [3.05, 3.63) is 34.9 Å². The van der Waals surface area contributed by atoms with E-state index in [0.717, 1.165) is 18.7 Å². The Bertz CT molecular complexity index is 470. The van der Waals surface area contributed by atoms with Crippen molar-refractivity contribution < 1.29 is 9.53 Å². The van der Waals surface area contributed by atoms with Gasteiger partial charge in [-0.25, -0.2) is 0 Å². The van der Waals surface area contributed by atoms with Crippen LogP contribution in [-0.4, -0.2) is 42.5 Å². The first-order chi connectivity index (χ1) is 8.99. The zero-order valence-corrected chi connectivity index (χ0v) is 12.3. The molecule has 0 radical (unpaired) electrons. The molecule has 2 rings (SSSR count). The first-order valence-corrected chi connectivity index (χ1v) is 6.96. The molecule has 1 aromatic rings. The summed E-state index contributed by atoms with van der Waals surface area (Å²) in [7, 11) is 0. The second kappa shape index (κ2) is 5.85. The van der Waals surface area contributed by atoms with Crippen LogP contribution in [0.25, 0.3) is 0 Å². The van der Waals surface area contributed by atoms with Crippen molar-refractivity contribution in [2.45, 2.75) is 39.8 Å². The number of ether oxygens (including phenoxy) is 1. The van der Waals surface area contributed by atoms with Gasteiger partial charge >= 0.3 is 0 Å². The van der Waals surface area contributed by atoms with Crippen LogP contribution in [0.2, 0.25) is 0 Å². The highest BCUT2D eigenvalue weighted by atomic mass is 16.5. The second-order valence-corrected chi connectivity index (χ2v) is 5.52. The van der Waals surface area contributed by atoms with E-state index in [-0.39, 0.29) is 17.9 Å². The smallest absolute Gasteiger partial charge is 0.179 e. The Morgan fingerprint density at radius 1 is 1.37 bits per heavy atom. The molecule has 1 aliphatic rings. The monoisotopic (exact) mass is 261 g/mol. The van der Waals surface area contributed by atoms with Crippen LogP contribution in [0.5, 0.6) is 0 Å². The summed E-state index contributed by atoms with van der Waals surface area (Å²) < 4.78 is 5.53. The summed E-state index contributed by atoms with van der Waals surface area (Å²) in [5, 5.41) is 0. The second-order valence-electron chi connectivity index (χ2n) is 5.52. The van der Waals surface area contributed by atoms with E-state index < -0.39 is 0 Å². The van der Waals surface area contributed by atoms with Crippen molar-refractivity contribution >= 4 is 5.78 Å². The van der Waals surface area contributed by atoms with Crippen molar-refractivity contribution in [2.75, 3.05) is 19.7 Å². The van der Waals surface area contributed by atoms with E-state index in [9.17, 15) is 4.79 Å². The molecule has 3 nitrogen and oxygen atoms in total. The summed E-state index contributed by atoms with van der Waals surface area (Å²) in [5.74, 6) is 0.206. The molecule has 1 aliphatic heterocycles. The minimum absolute atomic E-state index is 0.0755. The lowest BCUT2D eigenvalue weighted by Gasteiger charge is -2.34. The van der Waals surface area contributed by atoms with Gasteiger partial charge in [0, 0.05) is 18.7 Å². The van der Waals surface area contributed by atoms with Gasteiger partial charge in [0.1, 0.15) is 0 Å². The maximum atomic E-state index is 12.5. The number of carbonyl (C=O) groups excluding carboxylic acids is 1. The van der Waals surface area contributed by atoms with Crippen LogP contribution in [-0.2, 0) is 4.74 Å². The molecule has 0 aliphatic carbocycles. The number of hydrogen-bond acceptors (Lipinski definition) is 3. The van der Waals surface area contributed by atoms with E-state index >= 15 is 0 Å². The molecule has 1 fully saturated rings. The molecule has 0 bridgehead atoms. The van der Waals surface area contributed by atoms with Crippen LogP contribution in [0.15, 0.2) is 18.2 Å². The lowest BCUT2D eigenvalue weighted by atomic mass is 9.99. The zero-order chi connectivity index (χ0) is 14.0. The minimum atomic E-state index is -0.0755. The minimum Gasteiger partial charge on any atom is -0.376 e. The number of rotatable bonds is 3. The van der Waals surface area contributed by atoms with Crippen molar-refractivity contribution in [3.8, 4) is 0 Å². The molecule has 1 heterocycles. The average molecular weight is 261 g/mol. The standard InChI is InChI=1S/C16H23NO2/c1-11-5-6-15(9-12(11)2)16(18)14(4)17-7-8-19-13(3)10-17/h5-6,9,13-14H,7-8,10H2,1-4H3. The van der Waals surface area contributed by atoms with Gasteiger partial charge < -0.3 is 4.74 Å². The molecule has 19 heavy (non-hydrogen) atoms. The van der Waals surface area contributed by atoms with Crippen LogP contribution in [0.4, 0.5) is 0 Å². The average Bonchev–Trinajstić information content (AvgIpc) is 2.40. The summed E-state index contributed by atoms with van der Waals surface area (Å²) in [6.07, 6.45) is 0.212. The van der Waals surface area contributed by atoms with Gasteiger partial charge in [-0.2, -0.15) is 0 Å². The van der Waals surface area contributed by atoms with Crippen LogP contribution in [0, 0.1) is 13.8 Å². The summed E-state index contributed by atoms with van der Waals surface area (Å²) in [5.41, 5.74) is 3.22. The predicted molar refractivity (Wildman–Crippen MR) is 76.7 cm³/mol. The van der Waals surface area contributed by atoms with Crippen LogP contribution in [0.1, 0.15) is 35.3 Å². The highest BCUT2D eigenvalue weighted by Crippen LogP contribution is 2.16.